The van der Waals surface area contributed by atoms with Crippen LogP contribution in [0.3, 0.4) is 0 Å². The summed E-state index contributed by atoms with van der Waals surface area (Å²) in [5.41, 5.74) is 1.72. The zero-order valence-electron chi connectivity index (χ0n) is 18.5. The average molecular weight is 444 g/mol. The van der Waals surface area contributed by atoms with Gasteiger partial charge in [-0.1, -0.05) is 74.5 Å². The number of ether oxygens (including phenoxy) is 2. The van der Waals surface area contributed by atoms with Crippen molar-refractivity contribution in [1.82, 2.24) is 0 Å². The molecule has 2 aromatic rings. The highest BCUT2D eigenvalue weighted by molar-refractivity contribution is 6.18. The van der Waals surface area contributed by atoms with Gasteiger partial charge in [-0.3, -0.25) is 14.6 Å². The molecule has 0 heterocycles. The number of hydrogen-bond acceptors (Lipinski definition) is 5. The molecule has 0 aromatic heterocycles. The lowest BCUT2D eigenvalue weighted by Crippen LogP contribution is -2.46. The van der Waals surface area contributed by atoms with Gasteiger partial charge in [0.2, 0.25) is 0 Å². The zero-order chi connectivity index (χ0) is 22.9. The van der Waals surface area contributed by atoms with Crippen molar-refractivity contribution in [3.8, 4) is 0 Å². The first-order valence-corrected chi connectivity index (χ1v) is 11.0. The van der Waals surface area contributed by atoms with Crippen molar-refractivity contribution in [2.75, 3.05) is 19.1 Å². The first-order valence-electron chi connectivity index (χ1n) is 10.4. The third-order valence-corrected chi connectivity index (χ3v) is 5.59. The fourth-order valence-electron chi connectivity index (χ4n) is 3.24. The fourth-order valence-corrected chi connectivity index (χ4v) is 3.40. The molecule has 0 aliphatic carbocycles. The quantitative estimate of drug-likeness (QED) is 0.227. The van der Waals surface area contributed by atoms with Crippen molar-refractivity contribution in [2.24, 2.45) is 16.3 Å². The smallest absolute Gasteiger partial charge is 0.322 e. The van der Waals surface area contributed by atoms with E-state index in [2.05, 4.69) is 0 Å². The van der Waals surface area contributed by atoms with Gasteiger partial charge in [0.05, 0.1) is 25.0 Å². The Morgan fingerprint density at radius 2 is 1.29 bits per heavy atom. The van der Waals surface area contributed by atoms with Crippen LogP contribution in [-0.4, -0.2) is 42.8 Å². The number of alkyl halides is 1. The lowest BCUT2D eigenvalue weighted by atomic mass is 9.78. The monoisotopic (exact) mass is 443 g/mol. The van der Waals surface area contributed by atoms with E-state index in [1.165, 1.54) is 0 Å². The maximum absolute atomic E-state index is 12.9. The Bertz CT molecular complexity index is 821. The van der Waals surface area contributed by atoms with Crippen LogP contribution in [0.1, 0.15) is 38.8 Å². The van der Waals surface area contributed by atoms with Crippen molar-refractivity contribution in [3.63, 3.8) is 0 Å². The Hall–Kier alpha value is -2.66. The second kappa shape index (κ2) is 11.7. The van der Waals surface area contributed by atoms with Gasteiger partial charge < -0.3 is 9.47 Å². The summed E-state index contributed by atoms with van der Waals surface area (Å²) >= 11 is 6.30. The van der Waals surface area contributed by atoms with Crippen LogP contribution in [0.25, 0.3) is 0 Å². The number of nitrogens with zero attached hydrogens (tertiary/aromatic N) is 1. The van der Waals surface area contributed by atoms with Gasteiger partial charge in [0, 0.05) is 22.4 Å². The molecule has 6 heteroatoms. The summed E-state index contributed by atoms with van der Waals surface area (Å²) in [4.78, 5) is 30.8. The molecular formula is C25H30ClNO4. The van der Waals surface area contributed by atoms with E-state index in [9.17, 15) is 9.59 Å². The van der Waals surface area contributed by atoms with Gasteiger partial charge in [0.1, 0.15) is 0 Å². The summed E-state index contributed by atoms with van der Waals surface area (Å²) in [6, 6.07) is 18.5. The molecule has 31 heavy (non-hydrogen) atoms. The number of carbonyl (C=O) groups is 2. The Labute approximate surface area is 189 Å². The minimum Gasteiger partial charge on any atom is -0.465 e. The fraction of sp³-hybridized carbons (Fsp3) is 0.400. The molecule has 1 atom stereocenters. The summed E-state index contributed by atoms with van der Waals surface area (Å²) in [6.07, 6.45) is 0. The molecule has 0 bridgehead atoms. The maximum atomic E-state index is 12.9. The van der Waals surface area contributed by atoms with Crippen LogP contribution in [0.2, 0.25) is 0 Å². The van der Waals surface area contributed by atoms with Crippen LogP contribution in [0, 0.1) is 11.3 Å². The van der Waals surface area contributed by atoms with Crippen molar-refractivity contribution >= 4 is 29.3 Å². The van der Waals surface area contributed by atoms with Crippen LogP contribution in [0.5, 0.6) is 0 Å². The predicted octanol–water partition coefficient (Wildman–Crippen LogP) is 4.90. The van der Waals surface area contributed by atoms with Crippen LogP contribution in [-0.2, 0) is 19.1 Å². The van der Waals surface area contributed by atoms with E-state index in [-0.39, 0.29) is 19.1 Å². The second-order valence-electron chi connectivity index (χ2n) is 7.76. The molecule has 0 saturated heterocycles. The third-order valence-electron chi connectivity index (χ3n) is 4.90. The number of esters is 2. The van der Waals surface area contributed by atoms with Gasteiger partial charge in [-0.15, -0.1) is 11.6 Å². The molecule has 166 valence electrons. The van der Waals surface area contributed by atoms with Crippen molar-refractivity contribution in [1.29, 1.82) is 0 Å². The summed E-state index contributed by atoms with van der Waals surface area (Å²) < 4.78 is 10.5. The molecule has 0 radical (unpaired) electrons. The van der Waals surface area contributed by atoms with Gasteiger partial charge in [0.25, 0.3) is 0 Å². The van der Waals surface area contributed by atoms with Crippen molar-refractivity contribution in [2.45, 2.75) is 33.7 Å². The zero-order valence-corrected chi connectivity index (χ0v) is 19.3. The number of halogens is 1. The third kappa shape index (κ3) is 6.41. The molecule has 2 aromatic carbocycles. The van der Waals surface area contributed by atoms with Crippen LogP contribution >= 0.6 is 11.6 Å². The van der Waals surface area contributed by atoms with E-state index in [0.717, 1.165) is 11.1 Å². The van der Waals surface area contributed by atoms with Gasteiger partial charge in [-0.25, -0.2) is 0 Å². The molecule has 0 fully saturated rings. The molecule has 0 amide bonds. The number of carbonyl (C=O) groups excluding carboxylic acids is 2. The van der Waals surface area contributed by atoms with Gasteiger partial charge >= 0.3 is 11.9 Å². The van der Waals surface area contributed by atoms with E-state index in [0.29, 0.717) is 5.71 Å². The normalized spacial score (nSPS) is 12.2. The van der Waals surface area contributed by atoms with Crippen LogP contribution < -0.4 is 0 Å². The first-order chi connectivity index (χ1) is 14.9. The molecule has 1 unspecified atom stereocenters. The molecular weight excluding hydrogens is 414 g/mol. The lowest BCUT2D eigenvalue weighted by Gasteiger charge is -2.34. The molecule has 2 rings (SSSR count). The highest BCUT2D eigenvalue weighted by Crippen LogP contribution is 2.33. The number of hydrogen-bond donors (Lipinski definition) is 0. The van der Waals surface area contributed by atoms with E-state index in [1.807, 2.05) is 74.5 Å². The minimum atomic E-state index is -1.23. The molecule has 5 nitrogen and oxygen atoms in total. The molecule has 0 saturated carbocycles. The Balaban J connectivity index is 2.72. The van der Waals surface area contributed by atoms with Crippen LogP contribution in [0.15, 0.2) is 65.7 Å². The maximum Gasteiger partial charge on any atom is 0.322 e. The van der Waals surface area contributed by atoms with Crippen LogP contribution in [0.4, 0.5) is 0 Å². The SMILES string of the molecule is CCOC(=O)C(C(=O)OCC)C(N=C(c1ccccc1)c1ccccc1)C(C)(C)CCl. The van der Waals surface area contributed by atoms with Gasteiger partial charge in [-0.05, 0) is 13.8 Å². The standard InChI is InChI=1S/C25H30ClNO4/c1-5-30-23(28)20(24(29)31-6-2)22(25(3,4)17-26)27-21(18-13-9-7-10-14-18)19-15-11-8-12-16-19/h7-16,20,22H,5-6,17H2,1-4H3. The average Bonchev–Trinajstić information content (AvgIpc) is 2.77. The van der Waals surface area contributed by atoms with E-state index in [4.69, 9.17) is 26.1 Å². The number of benzene rings is 2. The molecule has 0 aliphatic heterocycles. The summed E-state index contributed by atoms with van der Waals surface area (Å²) in [5.74, 6) is -2.36. The Morgan fingerprint density at radius 3 is 1.65 bits per heavy atom. The lowest BCUT2D eigenvalue weighted by molar-refractivity contribution is -0.164. The van der Waals surface area contributed by atoms with E-state index < -0.39 is 29.3 Å². The second-order valence-corrected chi connectivity index (χ2v) is 8.03. The van der Waals surface area contributed by atoms with Crippen molar-refractivity contribution < 1.29 is 19.1 Å². The largest absolute Gasteiger partial charge is 0.465 e. The Morgan fingerprint density at radius 1 is 0.871 bits per heavy atom. The number of aliphatic imine (C=N–C) groups is 1. The number of rotatable bonds is 10. The van der Waals surface area contributed by atoms with E-state index >= 15 is 0 Å². The van der Waals surface area contributed by atoms with Gasteiger partial charge in [0.15, 0.2) is 5.92 Å². The summed E-state index contributed by atoms with van der Waals surface area (Å²) in [7, 11) is 0. The minimum absolute atomic E-state index is 0.150. The predicted molar refractivity (Wildman–Crippen MR) is 124 cm³/mol. The summed E-state index contributed by atoms with van der Waals surface area (Å²) in [5, 5.41) is 0. The summed E-state index contributed by atoms with van der Waals surface area (Å²) in [6.45, 7) is 7.46. The Kier molecular flexibility index (Phi) is 9.25. The molecule has 0 spiro atoms. The molecule has 0 N–H and O–H groups in total. The van der Waals surface area contributed by atoms with E-state index in [1.54, 1.807) is 13.8 Å². The molecule has 0 aliphatic rings. The van der Waals surface area contributed by atoms with Crippen molar-refractivity contribution in [3.05, 3.63) is 71.8 Å². The first kappa shape index (κ1) is 24.6. The topological polar surface area (TPSA) is 65.0 Å². The van der Waals surface area contributed by atoms with Gasteiger partial charge in [-0.2, -0.15) is 0 Å². The highest BCUT2D eigenvalue weighted by Gasteiger charge is 2.45. The highest BCUT2D eigenvalue weighted by atomic mass is 35.5.